The molecule has 1 aliphatic rings. The number of hydrogen-bond donors (Lipinski definition) is 1. The second-order valence-corrected chi connectivity index (χ2v) is 4.63. The highest BCUT2D eigenvalue weighted by molar-refractivity contribution is 6.01. The first-order chi connectivity index (χ1) is 9.58. The van der Waals surface area contributed by atoms with Crippen LogP contribution < -0.4 is 10.5 Å². The average molecular weight is 278 g/mol. The summed E-state index contributed by atoms with van der Waals surface area (Å²) in [6, 6.07) is 4.36. The fraction of sp³-hybridized carbons (Fsp3) is 0.429. The zero-order chi connectivity index (χ0) is 14.7. The second kappa shape index (κ2) is 5.81. The summed E-state index contributed by atoms with van der Waals surface area (Å²) in [7, 11) is 2.86. The summed E-state index contributed by atoms with van der Waals surface area (Å²) in [5.74, 6) is -0.0500. The quantitative estimate of drug-likeness (QED) is 0.660. The number of carbonyl (C=O) groups excluding carboxylic acids is 2. The molecule has 2 N–H and O–H groups in total. The summed E-state index contributed by atoms with van der Waals surface area (Å²) < 4.78 is 9.79. The smallest absolute Gasteiger partial charge is 0.328 e. The van der Waals surface area contributed by atoms with E-state index in [0.717, 1.165) is 6.42 Å². The van der Waals surface area contributed by atoms with E-state index in [1.807, 2.05) is 0 Å². The number of esters is 1. The van der Waals surface area contributed by atoms with Crippen molar-refractivity contribution in [2.75, 3.05) is 26.5 Å². The highest BCUT2D eigenvalue weighted by Crippen LogP contribution is 2.25. The number of benzene rings is 1. The van der Waals surface area contributed by atoms with Crippen LogP contribution in [0.4, 0.5) is 5.69 Å². The standard InChI is InChI=1S/C14H18N2O4/c1-19-9-5-6-10(11(15)8-9)13(17)16-7-3-4-12(16)14(18)20-2/h5-6,8,12H,3-4,7,15H2,1-2H3. The largest absolute Gasteiger partial charge is 0.497 e. The number of anilines is 1. The minimum absolute atomic E-state index is 0.252. The van der Waals surface area contributed by atoms with Gasteiger partial charge in [0.2, 0.25) is 0 Å². The van der Waals surface area contributed by atoms with E-state index < -0.39 is 6.04 Å². The average Bonchev–Trinajstić information content (AvgIpc) is 2.94. The van der Waals surface area contributed by atoms with Crippen molar-refractivity contribution >= 4 is 17.6 Å². The van der Waals surface area contributed by atoms with Gasteiger partial charge in [-0.1, -0.05) is 0 Å². The fourth-order valence-corrected chi connectivity index (χ4v) is 2.41. The molecular weight excluding hydrogens is 260 g/mol. The molecule has 0 aliphatic carbocycles. The summed E-state index contributed by atoms with van der Waals surface area (Å²) in [5.41, 5.74) is 6.59. The maximum atomic E-state index is 12.5. The van der Waals surface area contributed by atoms with Gasteiger partial charge in [-0.25, -0.2) is 4.79 Å². The fourth-order valence-electron chi connectivity index (χ4n) is 2.41. The van der Waals surface area contributed by atoms with E-state index >= 15 is 0 Å². The highest BCUT2D eigenvalue weighted by atomic mass is 16.5. The summed E-state index contributed by atoms with van der Waals surface area (Å²) in [5, 5.41) is 0. The zero-order valence-corrected chi connectivity index (χ0v) is 11.6. The van der Waals surface area contributed by atoms with Gasteiger partial charge in [0.05, 0.1) is 19.8 Å². The summed E-state index contributed by atoms with van der Waals surface area (Å²) >= 11 is 0. The molecule has 108 valence electrons. The molecule has 6 nitrogen and oxygen atoms in total. The van der Waals surface area contributed by atoms with Gasteiger partial charge in [-0.2, -0.15) is 0 Å². The third-order valence-corrected chi connectivity index (χ3v) is 3.48. The molecule has 0 bridgehead atoms. The molecule has 0 aromatic heterocycles. The van der Waals surface area contributed by atoms with E-state index in [1.165, 1.54) is 19.1 Å². The van der Waals surface area contributed by atoms with Gasteiger partial charge in [-0.05, 0) is 25.0 Å². The van der Waals surface area contributed by atoms with Crippen molar-refractivity contribution in [2.24, 2.45) is 0 Å². The normalized spacial score (nSPS) is 17.9. The number of nitrogen functional groups attached to an aromatic ring is 1. The van der Waals surface area contributed by atoms with Crippen LogP contribution in [0.2, 0.25) is 0 Å². The molecule has 0 spiro atoms. The third-order valence-electron chi connectivity index (χ3n) is 3.48. The lowest BCUT2D eigenvalue weighted by Crippen LogP contribution is -2.41. The van der Waals surface area contributed by atoms with Gasteiger partial charge in [0, 0.05) is 18.3 Å². The number of rotatable bonds is 3. The lowest BCUT2D eigenvalue weighted by molar-refractivity contribution is -0.145. The van der Waals surface area contributed by atoms with Crippen molar-refractivity contribution in [1.82, 2.24) is 4.90 Å². The van der Waals surface area contributed by atoms with Gasteiger partial charge in [-0.3, -0.25) is 4.79 Å². The molecule has 0 saturated carbocycles. The van der Waals surface area contributed by atoms with Gasteiger partial charge in [0.25, 0.3) is 5.91 Å². The Morgan fingerprint density at radius 3 is 2.70 bits per heavy atom. The van der Waals surface area contributed by atoms with Crippen molar-refractivity contribution in [1.29, 1.82) is 0 Å². The van der Waals surface area contributed by atoms with E-state index in [2.05, 4.69) is 0 Å². The highest BCUT2D eigenvalue weighted by Gasteiger charge is 2.35. The van der Waals surface area contributed by atoms with E-state index in [0.29, 0.717) is 30.0 Å². The molecule has 1 amide bonds. The van der Waals surface area contributed by atoms with Crippen LogP contribution >= 0.6 is 0 Å². The number of amides is 1. The summed E-state index contributed by atoms with van der Waals surface area (Å²) in [4.78, 5) is 25.7. The van der Waals surface area contributed by atoms with Crippen LogP contribution in [0.15, 0.2) is 18.2 Å². The molecule has 20 heavy (non-hydrogen) atoms. The van der Waals surface area contributed by atoms with Crippen molar-refractivity contribution < 1.29 is 19.1 Å². The molecule has 6 heteroatoms. The molecule has 1 atom stereocenters. The van der Waals surface area contributed by atoms with Crippen LogP contribution in [-0.4, -0.2) is 43.6 Å². The number of hydrogen-bond acceptors (Lipinski definition) is 5. The van der Waals surface area contributed by atoms with Crippen LogP contribution in [0.5, 0.6) is 5.75 Å². The Balaban J connectivity index is 2.24. The Bertz CT molecular complexity index is 530. The van der Waals surface area contributed by atoms with Crippen LogP contribution in [0, 0.1) is 0 Å². The molecular formula is C14H18N2O4. The van der Waals surface area contributed by atoms with Gasteiger partial charge in [-0.15, -0.1) is 0 Å². The lowest BCUT2D eigenvalue weighted by atomic mass is 10.1. The molecule has 1 unspecified atom stereocenters. The van der Waals surface area contributed by atoms with Crippen molar-refractivity contribution in [3.8, 4) is 5.75 Å². The topological polar surface area (TPSA) is 81.9 Å². The number of carbonyl (C=O) groups is 2. The molecule has 1 aromatic rings. The Labute approximate surface area is 117 Å². The van der Waals surface area contributed by atoms with Crippen molar-refractivity contribution in [3.63, 3.8) is 0 Å². The minimum atomic E-state index is -0.519. The maximum absolute atomic E-state index is 12.5. The molecule has 0 radical (unpaired) electrons. The van der Waals surface area contributed by atoms with E-state index in [9.17, 15) is 9.59 Å². The molecule has 2 rings (SSSR count). The number of likely N-dealkylation sites (tertiary alicyclic amines) is 1. The first kappa shape index (κ1) is 14.2. The minimum Gasteiger partial charge on any atom is -0.497 e. The molecule has 1 aromatic carbocycles. The number of nitrogens with two attached hydrogens (primary N) is 1. The number of nitrogens with zero attached hydrogens (tertiary/aromatic N) is 1. The van der Waals surface area contributed by atoms with Crippen LogP contribution in [0.25, 0.3) is 0 Å². The SMILES string of the molecule is COC(=O)C1CCCN1C(=O)c1ccc(OC)cc1N. The molecule has 1 aliphatic heterocycles. The number of methoxy groups -OCH3 is 2. The third kappa shape index (κ3) is 2.54. The van der Waals surface area contributed by atoms with Crippen LogP contribution in [-0.2, 0) is 9.53 Å². The van der Waals surface area contributed by atoms with Gasteiger partial charge < -0.3 is 20.1 Å². The van der Waals surface area contributed by atoms with Gasteiger partial charge in [0.15, 0.2) is 0 Å². The Hall–Kier alpha value is -2.24. The summed E-state index contributed by atoms with van der Waals surface area (Å²) in [6.07, 6.45) is 1.40. The van der Waals surface area contributed by atoms with Crippen molar-refractivity contribution in [3.05, 3.63) is 23.8 Å². The second-order valence-electron chi connectivity index (χ2n) is 4.63. The molecule has 1 saturated heterocycles. The predicted molar refractivity (Wildman–Crippen MR) is 73.5 cm³/mol. The van der Waals surface area contributed by atoms with Gasteiger partial charge in [0.1, 0.15) is 11.8 Å². The van der Waals surface area contributed by atoms with Crippen molar-refractivity contribution in [2.45, 2.75) is 18.9 Å². The number of ether oxygens (including phenoxy) is 2. The van der Waals surface area contributed by atoms with Crippen LogP contribution in [0.1, 0.15) is 23.2 Å². The Kier molecular flexibility index (Phi) is 4.12. The maximum Gasteiger partial charge on any atom is 0.328 e. The van der Waals surface area contributed by atoms with Crippen LogP contribution in [0.3, 0.4) is 0 Å². The molecule has 1 heterocycles. The molecule has 1 fully saturated rings. The first-order valence-corrected chi connectivity index (χ1v) is 6.40. The van der Waals surface area contributed by atoms with E-state index in [4.69, 9.17) is 15.2 Å². The predicted octanol–water partition coefficient (Wildman–Crippen LogP) is 1.05. The summed E-state index contributed by atoms with van der Waals surface area (Å²) in [6.45, 7) is 0.532. The van der Waals surface area contributed by atoms with E-state index in [1.54, 1.807) is 18.2 Å². The Morgan fingerprint density at radius 1 is 1.35 bits per heavy atom. The van der Waals surface area contributed by atoms with E-state index in [-0.39, 0.29) is 11.9 Å². The lowest BCUT2D eigenvalue weighted by Gasteiger charge is -2.23. The van der Waals surface area contributed by atoms with Gasteiger partial charge >= 0.3 is 5.97 Å². The monoisotopic (exact) mass is 278 g/mol. The Morgan fingerprint density at radius 2 is 2.10 bits per heavy atom. The zero-order valence-electron chi connectivity index (χ0n) is 11.6. The first-order valence-electron chi connectivity index (χ1n) is 6.40.